The molecule has 0 aliphatic heterocycles. The van der Waals surface area contributed by atoms with Gasteiger partial charge in [-0.1, -0.05) is 36.5 Å². The van der Waals surface area contributed by atoms with Gasteiger partial charge in [-0.25, -0.2) is 0 Å². The minimum absolute atomic E-state index is 1.04. The van der Waals surface area contributed by atoms with E-state index in [0.29, 0.717) is 0 Å². The van der Waals surface area contributed by atoms with Crippen molar-refractivity contribution in [1.82, 2.24) is 0 Å². The van der Waals surface area contributed by atoms with Crippen molar-refractivity contribution < 1.29 is 0 Å². The highest BCUT2D eigenvalue weighted by molar-refractivity contribution is 5.13. The maximum Gasteiger partial charge on any atom is -0.0248 e. The molecule has 0 aliphatic carbocycles. The molecule has 0 spiro atoms. The molecule has 0 amide bonds. The second-order valence-corrected chi connectivity index (χ2v) is 2.50. The van der Waals surface area contributed by atoms with Crippen molar-refractivity contribution in [2.24, 2.45) is 0 Å². The minimum atomic E-state index is 1.04. The predicted molar refractivity (Wildman–Crippen MR) is 48.0 cm³/mol. The molecule has 0 heteroatoms. The Morgan fingerprint density at radius 1 is 1.40 bits per heavy atom. The van der Waals surface area contributed by atoms with Crippen LogP contribution in [0.15, 0.2) is 36.5 Å². The smallest absolute Gasteiger partial charge is 0.0248 e. The maximum absolute atomic E-state index is 3.83. The van der Waals surface area contributed by atoms with Gasteiger partial charge in [-0.3, -0.25) is 0 Å². The third-order valence-electron chi connectivity index (χ3n) is 1.62. The van der Waals surface area contributed by atoms with Crippen LogP contribution in [-0.4, -0.2) is 0 Å². The molecule has 0 heterocycles. The van der Waals surface area contributed by atoms with Crippen LogP contribution in [0.5, 0.6) is 0 Å². The fraction of sp³-hybridized carbons (Fsp3) is 0.400. The largest absolute Gasteiger partial charge is 0.0988 e. The Morgan fingerprint density at radius 3 is 2.40 bits per heavy atom. The summed E-state index contributed by atoms with van der Waals surface area (Å²) in [7, 11) is 0. The Kier molecular flexibility index (Phi) is 4.65. The average molecular weight is 136 g/mol. The molecule has 0 bridgehead atoms. The van der Waals surface area contributed by atoms with Crippen LogP contribution in [0.3, 0.4) is 0 Å². The molecular formula is C10H16. The lowest BCUT2D eigenvalue weighted by molar-refractivity contribution is 0.946. The minimum Gasteiger partial charge on any atom is -0.0988 e. The third-order valence-corrected chi connectivity index (χ3v) is 1.62. The molecule has 10 heavy (non-hydrogen) atoms. The molecule has 0 rings (SSSR count). The highest BCUT2D eigenvalue weighted by atomic mass is 13.9. The first kappa shape index (κ1) is 9.22. The molecule has 0 nitrogen and oxygen atoms in total. The number of allylic oxidation sites excluding steroid dienone is 4. The molecule has 0 aliphatic rings. The summed E-state index contributed by atoms with van der Waals surface area (Å²) in [4.78, 5) is 0. The Hall–Kier alpha value is -0.780. The van der Waals surface area contributed by atoms with Gasteiger partial charge >= 0.3 is 0 Å². The highest BCUT2D eigenvalue weighted by Crippen LogP contribution is 2.09. The van der Waals surface area contributed by atoms with E-state index in [1.807, 2.05) is 6.08 Å². The van der Waals surface area contributed by atoms with Gasteiger partial charge in [-0.2, -0.15) is 0 Å². The molecule has 0 atom stereocenters. The lowest BCUT2D eigenvalue weighted by Crippen LogP contribution is -1.78. The molecule has 0 aromatic rings. The summed E-state index contributed by atoms with van der Waals surface area (Å²) < 4.78 is 0. The Morgan fingerprint density at radius 2 is 2.00 bits per heavy atom. The van der Waals surface area contributed by atoms with Gasteiger partial charge in [-0.05, 0) is 26.7 Å². The van der Waals surface area contributed by atoms with Gasteiger partial charge in [-0.15, -0.1) is 0 Å². The standard InChI is InChI=1S/C10H16/c1-5-9(3)7-8-10(4)6-2/h5-6H,1,3,7-8H2,2,4H3/b10-6+. The number of hydrogen-bond donors (Lipinski definition) is 0. The summed E-state index contributed by atoms with van der Waals surface area (Å²) in [5.74, 6) is 0. The van der Waals surface area contributed by atoms with Crippen molar-refractivity contribution >= 4 is 0 Å². The second kappa shape index (κ2) is 5.04. The normalized spacial score (nSPS) is 11.2. The van der Waals surface area contributed by atoms with Crippen molar-refractivity contribution in [3.8, 4) is 0 Å². The third kappa shape index (κ3) is 4.13. The summed E-state index contributed by atoms with van der Waals surface area (Å²) >= 11 is 0. The van der Waals surface area contributed by atoms with Gasteiger partial charge in [0.15, 0.2) is 0 Å². The quantitative estimate of drug-likeness (QED) is 0.410. The first-order valence-electron chi connectivity index (χ1n) is 3.62. The van der Waals surface area contributed by atoms with Crippen molar-refractivity contribution in [3.05, 3.63) is 36.5 Å². The van der Waals surface area contributed by atoms with Crippen molar-refractivity contribution in [1.29, 1.82) is 0 Å². The van der Waals surface area contributed by atoms with Gasteiger partial charge < -0.3 is 0 Å². The van der Waals surface area contributed by atoms with Gasteiger partial charge in [0, 0.05) is 0 Å². The van der Waals surface area contributed by atoms with Crippen LogP contribution in [-0.2, 0) is 0 Å². The van der Waals surface area contributed by atoms with Crippen LogP contribution < -0.4 is 0 Å². The van der Waals surface area contributed by atoms with Crippen LogP contribution in [0.2, 0.25) is 0 Å². The first-order chi connectivity index (χ1) is 4.70. The van der Waals surface area contributed by atoms with E-state index >= 15 is 0 Å². The molecule has 0 N–H and O–H groups in total. The van der Waals surface area contributed by atoms with Gasteiger partial charge in [0.1, 0.15) is 0 Å². The first-order valence-corrected chi connectivity index (χ1v) is 3.62. The van der Waals surface area contributed by atoms with Crippen LogP contribution in [0.4, 0.5) is 0 Å². The SMILES string of the molecule is C=CC(=C)CC/C(C)=C/C. The number of rotatable bonds is 4. The Balaban J connectivity index is 3.55. The second-order valence-electron chi connectivity index (χ2n) is 2.50. The summed E-state index contributed by atoms with van der Waals surface area (Å²) in [6, 6.07) is 0. The van der Waals surface area contributed by atoms with Crippen LogP contribution >= 0.6 is 0 Å². The summed E-state index contributed by atoms with van der Waals surface area (Å²) in [5.41, 5.74) is 2.55. The monoisotopic (exact) mass is 136 g/mol. The molecule has 0 aromatic carbocycles. The lowest BCUT2D eigenvalue weighted by Gasteiger charge is -1.98. The fourth-order valence-corrected chi connectivity index (χ4v) is 0.604. The molecule has 0 fully saturated rings. The van der Waals surface area contributed by atoms with Crippen molar-refractivity contribution in [2.45, 2.75) is 26.7 Å². The van der Waals surface area contributed by atoms with E-state index in [1.165, 1.54) is 5.57 Å². The predicted octanol–water partition coefficient (Wildman–Crippen LogP) is 3.48. The summed E-state index contributed by atoms with van der Waals surface area (Å²) in [6.07, 6.45) is 6.11. The number of hydrogen-bond acceptors (Lipinski definition) is 0. The highest BCUT2D eigenvalue weighted by Gasteiger charge is 1.89. The van der Waals surface area contributed by atoms with Crippen molar-refractivity contribution in [2.75, 3.05) is 0 Å². The molecule has 56 valence electrons. The van der Waals surface area contributed by atoms with Crippen LogP contribution in [0, 0.1) is 0 Å². The summed E-state index contributed by atoms with van der Waals surface area (Å²) in [6.45, 7) is 11.7. The lowest BCUT2D eigenvalue weighted by atomic mass is 10.1. The molecule has 0 saturated carbocycles. The van der Waals surface area contributed by atoms with E-state index in [0.717, 1.165) is 18.4 Å². The molecule has 0 aromatic heterocycles. The zero-order valence-corrected chi connectivity index (χ0v) is 6.98. The van der Waals surface area contributed by atoms with E-state index in [4.69, 9.17) is 0 Å². The Bertz CT molecular complexity index is 147. The van der Waals surface area contributed by atoms with Gasteiger partial charge in [0.05, 0.1) is 0 Å². The molecule has 0 unspecified atom stereocenters. The molecule has 0 saturated heterocycles. The maximum atomic E-state index is 3.83. The van der Waals surface area contributed by atoms with Gasteiger partial charge in [0.2, 0.25) is 0 Å². The van der Waals surface area contributed by atoms with Gasteiger partial charge in [0.25, 0.3) is 0 Å². The Labute approximate surface area is 64.0 Å². The summed E-state index contributed by atoms with van der Waals surface area (Å²) in [5, 5.41) is 0. The van der Waals surface area contributed by atoms with Crippen LogP contribution in [0.1, 0.15) is 26.7 Å². The van der Waals surface area contributed by atoms with Crippen LogP contribution in [0.25, 0.3) is 0 Å². The fourth-order valence-electron chi connectivity index (χ4n) is 0.604. The van der Waals surface area contributed by atoms with E-state index in [9.17, 15) is 0 Å². The average Bonchev–Trinajstić information content (AvgIpc) is 1.99. The van der Waals surface area contributed by atoms with E-state index in [-0.39, 0.29) is 0 Å². The zero-order valence-electron chi connectivity index (χ0n) is 6.98. The zero-order chi connectivity index (χ0) is 7.98. The van der Waals surface area contributed by atoms with E-state index in [2.05, 4.69) is 33.1 Å². The van der Waals surface area contributed by atoms with Crippen molar-refractivity contribution in [3.63, 3.8) is 0 Å². The topological polar surface area (TPSA) is 0 Å². The molecule has 0 radical (unpaired) electrons. The molecular weight excluding hydrogens is 120 g/mol. The van der Waals surface area contributed by atoms with E-state index in [1.54, 1.807) is 0 Å². The van der Waals surface area contributed by atoms with E-state index < -0.39 is 0 Å².